The molecule has 1 aliphatic heterocycles. The Labute approximate surface area is 107 Å². The number of carbonyl (C=O) groups excluding carboxylic acids is 1. The molecule has 0 spiro atoms. The monoisotopic (exact) mass is 252 g/mol. The number of amides is 1. The number of ether oxygens (including phenoxy) is 1. The molecule has 0 saturated carbocycles. The summed E-state index contributed by atoms with van der Waals surface area (Å²) in [6.07, 6.45) is 1.35. The molecule has 18 heavy (non-hydrogen) atoms. The van der Waals surface area contributed by atoms with Crippen LogP contribution in [0.25, 0.3) is 0 Å². The predicted octanol–water partition coefficient (Wildman–Crippen LogP) is 1.47. The second-order valence-corrected chi connectivity index (χ2v) is 4.82. The molecule has 5 nitrogen and oxygen atoms in total. The second-order valence-electron chi connectivity index (χ2n) is 4.82. The van der Waals surface area contributed by atoms with Crippen molar-refractivity contribution in [3.05, 3.63) is 17.0 Å². The Hall–Kier alpha value is -1.36. The third kappa shape index (κ3) is 2.90. The van der Waals surface area contributed by atoms with Crippen molar-refractivity contribution in [2.45, 2.75) is 39.7 Å². The van der Waals surface area contributed by atoms with Crippen molar-refractivity contribution >= 4 is 5.91 Å². The van der Waals surface area contributed by atoms with Gasteiger partial charge in [0.1, 0.15) is 5.76 Å². The van der Waals surface area contributed by atoms with E-state index in [1.807, 2.05) is 25.7 Å². The first-order valence-corrected chi connectivity index (χ1v) is 6.39. The number of hydrogen-bond acceptors (Lipinski definition) is 4. The lowest BCUT2D eigenvalue weighted by Crippen LogP contribution is -2.44. The SMILES string of the molecule is Cc1noc(C)c1CCC(=O)N1CCOC(C)C1. The highest BCUT2D eigenvalue weighted by Gasteiger charge is 2.21. The van der Waals surface area contributed by atoms with Crippen LogP contribution in [0.2, 0.25) is 0 Å². The largest absolute Gasteiger partial charge is 0.375 e. The maximum Gasteiger partial charge on any atom is 0.223 e. The second kappa shape index (κ2) is 5.52. The molecule has 1 aromatic rings. The molecule has 5 heteroatoms. The fraction of sp³-hybridized carbons (Fsp3) is 0.692. The van der Waals surface area contributed by atoms with Crippen LogP contribution in [-0.4, -0.2) is 41.8 Å². The average Bonchev–Trinajstić information content (AvgIpc) is 2.66. The molecule has 0 N–H and O–H groups in total. The number of aryl methyl sites for hydroxylation is 2. The molecule has 1 fully saturated rings. The Bertz CT molecular complexity index is 408. The quantitative estimate of drug-likeness (QED) is 0.817. The lowest BCUT2D eigenvalue weighted by molar-refractivity contribution is -0.138. The van der Waals surface area contributed by atoms with Crippen LogP contribution < -0.4 is 0 Å². The van der Waals surface area contributed by atoms with Gasteiger partial charge in [0.15, 0.2) is 0 Å². The van der Waals surface area contributed by atoms with Gasteiger partial charge < -0.3 is 14.2 Å². The molecule has 0 bridgehead atoms. The Morgan fingerprint density at radius 3 is 2.89 bits per heavy atom. The number of hydrogen-bond donors (Lipinski definition) is 0. The fourth-order valence-electron chi connectivity index (χ4n) is 2.29. The molecule has 1 unspecified atom stereocenters. The Morgan fingerprint density at radius 1 is 1.50 bits per heavy atom. The van der Waals surface area contributed by atoms with Gasteiger partial charge in [-0.15, -0.1) is 0 Å². The third-order valence-corrected chi connectivity index (χ3v) is 3.36. The van der Waals surface area contributed by atoms with Crippen molar-refractivity contribution in [2.24, 2.45) is 0 Å². The predicted molar refractivity (Wildman–Crippen MR) is 66.3 cm³/mol. The number of aromatic nitrogens is 1. The lowest BCUT2D eigenvalue weighted by atomic mass is 10.1. The van der Waals surface area contributed by atoms with E-state index in [1.54, 1.807) is 0 Å². The van der Waals surface area contributed by atoms with E-state index in [0.29, 0.717) is 32.5 Å². The van der Waals surface area contributed by atoms with E-state index in [-0.39, 0.29) is 12.0 Å². The lowest BCUT2D eigenvalue weighted by Gasteiger charge is -2.31. The van der Waals surface area contributed by atoms with Crippen molar-refractivity contribution in [3.63, 3.8) is 0 Å². The molecule has 0 radical (unpaired) electrons. The van der Waals surface area contributed by atoms with Gasteiger partial charge in [-0.1, -0.05) is 5.16 Å². The van der Waals surface area contributed by atoms with Crippen LogP contribution in [0.5, 0.6) is 0 Å². The number of rotatable bonds is 3. The summed E-state index contributed by atoms with van der Waals surface area (Å²) in [5.41, 5.74) is 1.94. The van der Waals surface area contributed by atoms with E-state index in [4.69, 9.17) is 9.26 Å². The molecule has 100 valence electrons. The van der Waals surface area contributed by atoms with Gasteiger partial charge in [-0.2, -0.15) is 0 Å². The van der Waals surface area contributed by atoms with E-state index in [9.17, 15) is 4.79 Å². The molecule has 1 aliphatic rings. The van der Waals surface area contributed by atoms with Gasteiger partial charge in [-0.05, 0) is 27.2 Å². The normalized spacial score (nSPS) is 20.2. The van der Waals surface area contributed by atoms with Crippen molar-refractivity contribution in [2.75, 3.05) is 19.7 Å². The number of carbonyl (C=O) groups is 1. The van der Waals surface area contributed by atoms with Crippen molar-refractivity contribution in [3.8, 4) is 0 Å². The summed E-state index contributed by atoms with van der Waals surface area (Å²) in [6, 6.07) is 0. The average molecular weight is 252 g/mol. The van der Waals surface area contributed by atoms with Crippen LogP contribution >= 0.6 is 0 Å². The maximum atomic E-state index is 12.1. The summed E-state index contributed by atoms with van der Waals surface area (Å²) in [7, 11) is 0. The van der Waals surface area contributed by atoms with Gasteiger partial charge in [-0.25, -0.2) is 0 Å². The minimum Gasteiger partial charge on any atom is -0.375 e. The molecule has 0 aromatic carbocycles. The number of morpholine rings is 1. The summed E-state index contributed by atoms with van der Waals surface area (Å²) in [5.74, 6) is 1.00. The first-order valence-electron chi connectivity index (χ1n) is 6.39. The summed E-state index contributed by atoms with van der Waals surface area (Å²) in [4.78, 5) is 14.0. The highest BCUT2D eigenvalue weighted by molar-refractivity contribution is 5.76. The van der Waals surface area contributed by atoms with Crippen LogP contribution in [0.1, 0.15) is 30.4 Å². The molecule has 2 heterocycles. The standard InChI is InChI=1S/C13H20N2O3/c1-9-8-15(6-7-17-9)13(16)5-4-12-10(2)14-18-11(12)3/h9H,4-8H2,1-3H3. The zero-order chi connectivity index (χ0) is 13.1. The van der Waals surface area contributed by atoms with Crippen molar-refractivity contribution in [1.82, 2.24) is 10.1 Å². The van der Waals surface area contributed by atoms with Gasteiger partial charge in [0, 0.05) is 25.1 Å². The number of nitrogens with zero attached hydrogens (tertiary/aromatic N) is 2. The molecular weight excluding hydrogens is 232 g/mol. The van der Waals surface area contributed by atoms with Crippen molar-refractivity contribution in [1.29, 1.82) is 0 Å². The van der Waals surface area contributed by atoms with Gasteiger partial charge in [0.25, 0.3) is 0 Å². The van der Waals surface area contributed by atoms with Crippen LogP contribution in [-0.2, 0) is 16.0 Å². The van der Waals surface area contributed by atoms with E-state index < -0.39 is 0 Å². The van der Waals surface area contributed by atoms with Gasteiger partial charge in [0.2, 0.25) is 5.91 Å². The molecule has 1 saturated heterocycles. The van der Waals surface area contributed by atoms with Gasteiger partial charge >= 0.3 is 0 Å². The van der Waals surface area contributed by atoms with E-state index in [2.05, 4.69) is 5.16 Å². The first-order chi connectivity index (χ1) is 8.58. The van der Waals surface area contributed by atoms with Crippen LogP contribution in [0.3, 0.4) is 0 Å². The highest BCUT2D eigenvalue weighted by atomic mass is 16.5. The molecule has 0 aliphatic carbocycles. The van der Waals surface area contributed by atoms with E-state index in [1.165, 1.54) is 0 Å². The van der Waals surface area contributed by atoms with Crippen LogP contribution in [0.4, 0.5) is 0 Å². The Kier molecular flexibility index (Phi) is 4.01. The van der Waals surface area contributed by atoms with E-state index in [0.717, 1.165) is 17.0 Å². The Morgan fingerprint density at radius 2 is 2.28 bits per heavy atom. The summed E-state index contributed by atoms with van der Waals surface area (Å²) in [5, 5.41) is 3.90. The minimum atomic E-state index is 0.141. The summed E-state index contributed by atoms with van der Waals surface area (Å²) in [6.45, 7) is 7.82. The molecule has 1 amide bonds. The van der Waals surface area contributed by atoms with Crippen LogP contribution in [0.15, 0.2) is 4.52 Å². The maximum absolute atomic E-state index is 12.1. The molecule has 1 atom stereocenters. The van der Waals surface area contributed by atoms with Crippen molar-refractivity contribution < 1.29 is 14.1 Å². The Balaban J connectivity index is 1.88. The molecule has 2 rings (SSSR count). The topological polar surface area (TPSA) is 55.6 Å². The zero-order valence-electron chi connectivity index (χ0n) is 11.2. The minimum absolute atomic E-state index is 0.141. The molecular formula is C13H20N2O3. The van der Waals surface area contributed by atoms with Gasteiger partial charge in [-0.3, -0.25) is 4.79 Å². The highest BCUT2D eigenvalue weighted by Crippen LogP contribution is 2.15. The third-order valence-electron chi connectivity index (χ3n) is 3.36. The first kappa shape index (κ1) is 13.1. The summed E-state index contributed by atoms with van der Waals surface area (Å²) >= 11 is 0. The van der Waals surface area contributed by atoms with Gasteiger partial charge in [0.05, 0.1) is 18.4 Å². The fourth-order valence-corrected chi connectivity index (χ4v) is 2.29. The zero-order valence-corrected chi connectivity index (χ0v) is 11.2. The molecule has 1 aromatic heterocycles. The van der Waals surface area contributed by atoms with Crippen LogP contribution in [0, 0.1) is 13.8 Å². The summed E-state index contributed by atoms with van der Waals surface area (Å²) < 4.78 is 10.5. The smallest absolute Gasteiger partial charge is 0.223 e. The van der Waals surface area contributed by atoms with E-state index >= 15 is 0 Å².